The Balaban J connectivity index is 2.62. The number of imidazole rings is 1. The molecule has 0 fully saturated rings. The van der Waals surface area contributed by atoms with Gasteiger partial charge in [0.1, 0.15) is 0 Å². The molecule has 1 heterocycles. The molecule has 1 aromatic rings. The lowest BCUT2D eigenvalue weighted by Crippen LogP contribution is -2.05. The zero-order chi connectivity index (χ0) is 8.10. The number of aromatic nitrogens is 2. The molecule has 0 atom stereocenters. The van der Waals surface area contributed by atoms with Crippen molar-refractivity contribution in [1.29, 1.82) is 0 Å². The Kier molecular flexibility index (Phi) is 2.88. The van der Waals surface area contributed by atoms with Gasteiger partial charge >= 0.3 is 0 Å². The maximum Gasteiger partial charge on any atom is 0.279 e. The largest absolute Gasteiger partial charge is 0.345 e. The molecule has 11 heavy (non-hydrogen) atoms. The molecule has 5 heteroatoms. The highest BCUT2D eigenvalue weighted by atomic mass is 17.3. The minimum absolute atomic E-state index is 0.411. The number of nitrogens with zero attached hydrogens (tertiary/aromatic N) is 1. The van der Waals surface area contributed by atoms with Crippen molar-refractivity contribution >= 4 is 0 Å². The summed E-state index contributed by atoms with van der Waals surface area (Å²) in [6, 6.07) is 0. The van der Waals surface area contributed by atoms with Crippen molar-refractivity contribution in [1.82, 2.24) is 9.97 Å². The van der Waals surface area contributed by atoms with E-state index in [1.54, 1.807) is 6.33 Å². The molecule has 1 aromatic heterocycles. The molecule has 0 amide bonds. The lowest BCUT2D eigenvalue weighted by Gasteiger charge is -1.97. The van der Waals surface area contributed by atoms with Gasteiger partial charge in [0.2, 0.25) is 0 Å². The quantitative estimate of drug-likeness (QED) is 0.494. The zero-order valence-electron chi connectivity index (χ0n) is 6.33. The number of nitrogens with one attached hydrogen (secondary N) is 1. The number of H-pyrrole nitrogens is 1. The molecule has 0 saturated heterocycles. The summed E-state index contributed by atoms with van der Waals surface area (Å²) in [5.74, 6) is 5.12. The van der Waals surface area contributed by atoms with Crippen molar-refractivity contribution in [2.45, 2.75) is 19.8 Å². The summed E-state index contributed by atoms with van der Waals surface area (Å²) in [6.07, 6.45) is 3.43. The van der Waals surface area contributed by atoms with Gasteiger partial charge < -0.3 is 4.98 Å². The van der Waals surface area contributed by atoms with Gasteiger partial charge in [0.25, 0.3) is 5.88 Å². The van der Waals surface area contributed by atoms with Gasteiger partial charge in [-0.1, -0.05) is 18.3 Å². The van der Waals surface area contributed by atoms with Crippen molar-refractivity contribution in [2.24, 2.45) is 5.90 Å². The van der Waals surface area contributed by atoms with E-state index in [1.807, 2.05) is 0 Å². The number of aromatic amines is 1. The lowest BCUT2D eigenvalue weighted by molar-refractivity contribution is -0.214. The normalized spacial score (nSPS) is 10.0. The van der Waals surface area contributed by atoms with Crippen LogP contribution < -0.4 is 10.8 Å². The van der Waals surface area contributed by atoms with E-state index in [0.717, 1.165) is 18.5 Å². The summed E-state index contributed by atoms with van der Waals surface area (Å²) in [7, 11) is 0. The van der Waals surface area contributed by atoms with Gasteiger partial charge in [0.15, 0.2) is 0 Å². The molecule has 0 aromatic carbocycles. The second-order valence-corrected chi connectivity index (χ2v) is 2.12. The number of hydrogen-bond donors (Lipinski definition) is 2. The summed E-state index contributed by atoms with van der Waals surface area (Å²) < 4.78 is 0. The smallest absolute Gasteiger partial charge is 0.279 e. The van der Waals surface area contributed by atoms with Crippen molar-refractivity contribution < 1.29 is 9.88 Å². The van der Waals surface area contributed by atoms with Crippen LogP contribution >= 0.6 is 0 Å². The highest BCUT2D eigenvalue weighted by molar-refractivity contribution is 5.16. The van der Waals surface area contributed by atoms with E-state index in [0.29, 0.717) is 5.88 Å². The van der Waals surface area contributed by atoms with E-state index in [9.17, 15) is 0 Å². The SMILES string of the molecule is CCCc1[nH]cnc1OON. The molecule has 3 N–H and O–H groups in total. The number of hydrogen-bond acceptors (Lipinski definition) is 4. The molecule has 62 valence electrons. The topological polar surface area (TPSA) is 73.2 Å². The molecule has 0 aliphatic heterocycles. The first-order chi connectivity index (χ1) is 5.38. The molecule has 1 rings (SSSR count). The molecule has 0 bridgehead atoms. The van der Waals surface area contributed by atoms with Crippen LogP contribution in [0.25, 0.3) is 0 Å². The Morgan fingerprint density at radius 3 is 3.18 bits per heavy atom. The van der Waals surface area contributed by atoms with Gasteiger partial charge in [0.05, 0.1) is 12.0 Å². The van der Waals surface area contributed by atoms with E-state index in [1.165, 1.54) is 0 Å². The van der Waals surface area contributed by atoms with Crippen LogP contribution in [0.2, 0.25) is 0 Å². The minimum Gasteiger partial charge on any atom is -0.345 e. The van der Waals surface area contributed by atoms with Crippen LogP contribution in [-0.4, -0.2) is 9.97 Å². The van der Waals surface area contributed by atoms with Crippen LogP contribution in [0.5, 0.6) is 5.88 Å². The van der Waals surface area contributed by atoms with Gasteiger partial charge in [-0.05, 0) is 6.42 Å². The van der Waals surface area contributed by atoms with Crippen LogP contribution in [-0.2, 0) is 11.4 Å². The van der Waals surface area contributed by atoms with Crippen molar-refractivity contribution in [2.75, 3.05) is 0 Å². The summed E-state index contributed by atoms with van der Waals surface area (Å²) in [5.41, 5.74) is 0.901. The number of aryl methyl sites for hydroxylation is 1. The molecule has 0 saturated carbocycles. The van der Waals surface area contributed by atoms with Gasteiger partial charge in [-0.25, -0.2) is 0 Å². The van der Waals surface area contributed by atoms with Crippen LogP contribution in [0, 0.1) is 0 Å². The summed E-state index contributed by atoms with van der Waals surface area (Å²) in [6.45, 7) is 2.06. The fraction of sp³-hybridized carbons (Fsp3) is 0.500. The van der Waals surface area contributed by atoms with Gasteiger partial charge in [-0.3, -0.25) is 4.89 Å². The standard InChI is InChI=1S/C6H11N3O2/c1-2-3-5-6(10-11-7)9-4-8-5/h4H,2-3,7H2,1H3,(H,8,9). The van der Waals surface area contributed by atoms with Crippen LogP contribution in [0.4, 0.5) is 0 Å². The fourth-order valence-electron chi connectivity index (χ4n) is 0.855. The maximum atomic E-state index is 4.71. The number of rotatable bonds is 4. The molecular formula is C6H11N3O2. The van der Waals surface area contributed by atoms with Crippen LogP contribution in [0.15, 0.2) is 6.33 Å². The fourth-order valence-corrected chi connectivity index (χ4v) is 0.855. The predicted molar refractivity (Wildman–Crippen MR) is 38.5 cm³/mol. The Bertz CT molecular complexity index is 191. The first kappa shape index (κ1) is 8.03. The first-order valence-electron chi connectivity index (χ1n) is 3.44. The number of nitrogens with two attached hydrogens (primary N) is 1. The minimum atomic E-state index is 0.411. The zero-order valence-corrected chi connectivity index (χ0v) is 6.33. The Morgan fingerprint density at radius 1 is 1.73 bits per heavy atom. The Labute approximate surface area is 64.4 Å². The second-order valence-electron chi connectivity index (χ2n) is 2.12. The van der Waals surface area contributed by atoms with E-state index in [2.05, 4.69) is 26.8 Å². The van der Waals surface area contributed by atoms with E-state index < -0.39 is 0 Å². The average Bonchev–Trinajstić information content (AvgIpc) is 2.39. The Hall–Kier alpha value is -1.07. The summed E-state index contributed by atoms with van der Waals surface area (Å²) >= 11 is 0. The summed E-state index contributed by atoms with van der Waals surface area (Å²) in [5, 5.41) is 0. The molecule has 0 radical (unpaired) electrons. The molecule has 0 aliphatic carbocycles. The van der Waals surface area contributed by atoms with Crippen molar-refractivity contribution in [3.63, 3.8) is 0 Å². The molecule has 0 unspecified atom stereocenters. The third-order valence-electron chi connectivity index (χ3n) is 1.31. The second kappa shape index (κ2) is 3.95. The molecule has 5 nitrogen and oxygen atoms in total. The first-order valence-corrected chi connectivity index (χ1v) is 3.44. The van der Waals surface area contributed by atoms with Crippen molar-refractivity contribution in [3.05, 3.63) is 12.0 Å². The van der Waals surface area contributed by atoms with Gasteiger partial charge in [-0.15, -0.1) is 0 Å². The van der Waals surface area contributed by atoms with Crippen molar-refractivity contribution in [3.8, 4) is 5.88 Å². The molecule has 0 spiro atoms. The third-order valence-corrected chi connectivity index (χ3v) is 1.31. The summed E-state index contributed by atoms with van der Waals surface area (Å²) in [4.78, 5) is 15.3. The monoisotopic (exact) mass is 157 g/mol. The van der Waals surface area contributed by atoms with E-state index >= 15 is 0 Å². The predicted octanol–water partition coefficient (Wildman–Crippen LogP) is 0.546. The molecule has 0 aliphatic rings. The average molecular weight is 157 g/mol. The van der Waals surface area contributed by atoms with Crippen LogP contribution in [0.1, 0.15) is 19.0 Å². The maximum absolute atomic E-state index is 4.71. The van der Waals surface area contributed by atoms with E-state index in [4.69, 9.17) is 5.90 Å². The van der Waals surface area contributed by atoms with E-state index in [-0.39, 0.29) is 0 Å². The lowest BCUT2D eigenvalue weighted by atomic mass is 10.3. The van der Waals surface area contributed by atoms with Crippen LogP contribution in [0.3, 0.4) is 0 Å². The van der Waals surface area contributed by atoms with Gasteiger partial charge in [0, 0.05) is 0 Å². The molecular weight excluding hydrogens is 146 g/mol. The Morgan fingerprint density at radius 2 is 2.55 bits per heavy atom. The van der Waals surface area contributed by atoms with Gasteiger partial charge in [-0.2, -0.15) is 10.9 Å². The highest BCUT2D eigenvalue weighted by Crippen LogP contribution is 2.13. The highest BCUT2D eigenvalue weighted by Gasteiger charge is 2.05. The third kappa shape index (κ3) is 1.92.